The minimum absolute atomic E-state index is 0.531. The maximum Gasteiger partial charge on any atom is 0.231 e. The predicted molar refractivity (Wildman–Crippen MR) is 82.7 cm³/mol. The molecule has 0 spiro atoms. The summed E-state index contributed by atoms with van der Waals surface area (Å²) in [7, 11) is 1.78. The van der Waals surface area contributed by atoms with E-state index >= 15 is 0 Å². The summed E-state index contributed by atoms with van der Waals surface area (Å²) in [5.41, 5.74) is 0.949. The van der Waals surface area contributed by atoms with Gasteiger partial charge in [0.25, 0.3) is 0 Å². The van der Waals surface area contributed by atoms with Gasteiger partial charge in [-0.3, -0.25) is 0 Å². The number of hydrogen-bond acceptors (Lipinski definition) is 4. The second-order valence-electron chi connectivity index (χ2n) is 5.09. The van der Waals surface area contributed by atoms with Crippen molar-refractivity contribution < 1.29 is 0 Å². The maximum atomic E-state index is 5.08. The zero-order valence-corrected chi connectivity index (χ0v) is 12.5. The molecular formula is C13H21N5S. The first-order valence-electron chi connectivity index (χ1n) is 6.68. The molecule has 2 N–H and O–H groups in total. The van der Waals surface area contributed by atoms with Gasteiger partial charge < -0.3 is 15.5 Å². The highest BCUT2D eigenvalue weighted by atomic mass is 32.1. The lowest BCUT2D eigenvalue weighted by Crippen LogP contribution is -2.35. The molecule has 0 bridgehead atoms. The monoisotopic (exact) mass is 279 g/mol. The van der Waals surface area contributed by atoms with Gasteiger partial charge in [0, 0.05) is 31.9 Å². The van der Waals surface area contributed by atoms with Gasteiger partial charge in [-0.25, -0.2) is 4.98 Å². The number of aromatic nitrogens is 2. The van der Waals surface area contributed by atoms with Crippen molar-refractivity contribution in [2.75, 3.05) is 30.4 Å². The van der Waals surface area contributed by atoms with E-state index in [0.717, 1.165) is 30.5 Å². The summed E-state index contributed by atoms with van der Waals surface area (Å²) in [5, 5.41) is 6.39. The first-order valence-corrected chi connectivity index (χ1v) is 7.08. The Labute approximate surface area is 119 Å². The van der Waals surface area contributed by atoms with Crippen LogP contribution in [0.4, 0.5) is 11.8 Å². The van der Waals surface area contributed by atoms with E-state index in [9.17, 15) is 0 Å². The molecule has 1 unspecified atom stereocenters. The number of aryl methyl sites for hydroxylation is 1. The molecule has 104 valence electrons. The quantitative estimate of drug-likeness (QED) is 0.807. The fraction of sp³-hybridized carbons (Fsp3) is 0.615. The van der Waals surface area contributed by atoms with Gasteiger partial charge in [0.1, 0.15) is 5.82 Å². The Balaban J connectivity index is 2.18. The van der Waals surface area contributed by atoms with Crippen molar-refractivity contribution in [3.8, 4) is 0 Å². The lowest BCUT2D eigenvalue weighted by molar-refractivity contribution is 0.444. The molecular weight excluding hydrogens is 258 g/mol. The minimum Gasteiger partial charge on any atom is -0.365 e. The summed E-state index contributed by atoms with van der Waals surface area (Å²) in [6, 6.07) is 2.03. The van der Waals surface area contributed by atoms with Crippen LogP contribution in [0.1, 0.15) is 25.5 Å². The van der Waals surface area contributed by atoms with E-state index < -0.39 is 0 Å². The molecule has 0 amide bonds. The van der Waals surface area contributed by atoms with Gasteiger partial charge in [0.2, 0.25) is 5.95 Å². The van der Waals surface area contributed by atoms with Crippen molar-refractivity contribution in [1.29, 1.82) is 0 Å². The number of anilines is 2. The molecule has 1 saturated heterocycles. The van der Waals surface area contributed by atoms with E-state index in [2.05, 4.69) is 32.4 Å². The Bertz CT molecular complexity index is 462. The molecule has 2 heterocycles. The molecule has 1 atom stereocenters. The number of hydrogen-bond donors (Lipinski definition) is 2. The van der Waals surface area contributed by atoms with Gasteiger partial charge in [0.05, 0.1) is 0 Å². The summed E-state index contributed by atoms with van der Waals surface area (Å²) in [6.07, 6.45) is 2.53. The summed E-state index contributed by atoms with van der Waals surface area (Å²) < 4.78 is 0. The van der Waals surface area contributed by atoms with Crippen molar-refractivity contribution in [3.63, 3.8) is 0 Å². The molecule has 2 rings (SSSR count). The zero-order valence-electron chi connectivity index (χ0n) is 11.7. The third-order valence-corrected chi connectivity index (χ3v) is 3.58. The first kappa shape index (κ1) is 14.0. The Morgan fingerprint density at radius 2 is 2.26 bits per heavy atom. The molecule has 19 heavy (non-hydrogen) atoms. The number of nitrogens with one attached hydrogen (secondary N) is 2. The van der Waals surface area contributed by atoms with Crippen LogP contribution in [0.3, 0.4) is 0 Å². The fourth-order valence-corrected chi connectivity index (χ4v) is 2.42. The largest absolute Gasteiger partial charge is 0.365 e. The van der Waals surface area contributed by atoms with E-state index in [1.54, 1.807) is 7.05 Å². The van der Waals surface area contributed by atoms with Crippen molar-refractivity contribution in [2.45, 2.75) is 26.7 Å². The molecule has 0 aromatic carbocycles. The summed E-state index contributed by atoms with van der Waals surface area (Å²) in [5.74, 6) is 2.27. The van der Waals surface area contributed by atoms with E-state index in [1.165, 1.54) is 12.8 Å². The van der Waals surface area contributed by atoms with E-state index in [4.69, 9.17) is 12.2 Å². The van der Waals surface area contributed by atoms with E-state index in [1.807, 2.05) is 13.0 Å². The molecule has 0 radical (unpaired) electrons. The topological polar surface area (TPSA) is 53.1 Å². The van der Waals surface area contributed by atoms with Gasteiger partial charge >= 0.3 is 0 Å². The Hall–Kier alpha value is -1.43. The Morgan fingerprint density at radius 1 is 1.47 bits per heavy atom. The normalized spacial score (nSPS) is 19.1. The summed E-state index contributed by atoms with van der Waals surface area (Å²) in [4.78, 5) is 11.2. The van der Waals surface area contributed by atoms with Crippen LogP contribution in [0.2, 0.25) is 0 Å². The predicted octanol–water partition coefficient (Wildman–Crippen LogP) is 1.94. The molecule has 5 nitrogen and oxygen atoms in total. The maximum absolute atomic E-state index is 5.08. The fourth-order valence-electron chi connectivity index (χ4n) is 2.33. The van der Waals surface area contributed by atoms with Crippen molar-refractivity contribution in [1.82, 2.24) is 15.3 Å². The first-order chi connectivity index (χ1) is 9.08. The third-order valence-electron chi connectivity index (χ3n) is 3.27. The highest BCUT2D eigenvalue weighted by molar-refractivity contribution is 7.80. The summed E-state index contributed by atoms with van der Waals surface area (Å²) in [6.45, 7) is 6.39. The van der Waals surface area contributed by atoms with E-state index in [-0.39, 0.29) is 0 Å². The van der Waals surface area contributed by atoms with Crippen molar-refractivity contribution >= 4 is 29.1 Å². The standard InChI is InChI=1S/C13H21N5S/c1-9-5-4-6-18(8-9)11-7-10(2)15-12(16-11)17-13(19)14-3/h7,9H,4-6,8H2,1-3H3,(H2,14,15,16,17,19). The Kier molecular flexibility index (Phi) is 4.52. The number of thiocarbonyl (C=S) groups is 1. The van der Waals surface area contributed by atoms with Gasteiger partial charge in [-0.2, -0.15) is 4.98 Å². The van der Waals surface area contributed by atoms with Crippen LogP contribution in [0.5, 0.6) is 0 Å². The zero-order chi connectivity index (χ0) is 13.8. The number of nitrogens with zero attached hydrogens (tertiary/aromatic N) is 3. The molecule has 1 aliphatic rings. The van der Waals surface area contributed by atoms with Gasteiger partial charge in [0.15, 0.2) is 5.11 Å². The second-order valence-corrected chi connectivity index (χ2v) is 5.50. The summed E-state index contributed by atoms with van der Waals surface area (Å²) >= 11 is 5.08. The lowest BCUT2D eigenvalue weighted by Gasteiger charge is -2.32. The SMILES string of the molecule is CNC(=S)Nc1nc(C)cc(N2CCCC(C)C2)n1. The lowest BCUT2D eigenvalue weighted by atomic mass is 10.0. The van der Waals surface area contributed by atoms with Crippen molar-refractivity contribution in [3.05, 3.63) is 11.8 Å². The van der Waals surface area contributed by atoms with Crippen LogP contribution in [-0.2, 0) is 0 Å². The molecule has 0 aliphatic carbocycles. The van der Waals surface area contributed by atoms with Crippen molar-refractivity contribution in [2.24, 2.45) is 5.92 Å². The molecule has 0 saturated carbocycles. The number of rotatable bonds is 2. The average molecular weight is 279 g/mol. The second kappa shape index (κ2) is 6.14. The van der Waals surface area contributed by atoms with Crippen LogP contribution in [0.25, 0.3) is 0 Å². The smallest absolute Gasteiger partial charge is 0.231 e. The molecule has 1 aliphatic heterocycles. The average Bonchev–Trinajstić information content (AvgIpc) is 2.38. The van der Waals surface area contributed by atoms with Crippen LogP contribution >= 0.6 is 12.2 Å². The van der Waals surface area contributed by atoms with Gasteiger partial charge in [-0.05, 0) is 37.9 Å². The van der Waals surface area contributed by atoms with Crippen LogP contribution in [0, 0.1) is 12.8 Å². The highest BCUT2D eigenvalue weighted by Gasteiger charge is 2.18. The Morgan fingerprint density at radius 3 is 2.95 bits per heavy atom. The molecule has 1 aromatic heterocycles. The van der Waals surface area contributed by atoms with Gasteiger partial charge in [-0.15, -0.1) is 0 Å². The van der Waals surface area contributed by atoms with Gasteiger partial charge in [-0.1, -0.05) is 6.92 Å². The highest BCUT2D eigenvalue weighted by Crippen LogP contribution is 2.22. The third kappa shape index (κ3) is 3.76. The van der Waals surface area contributed by atoms with Crippen LogP contribution < -0.4 is 15.5 Å². The molecule has 6 heteroatoms. The van der Waals surface area contributed by atoms with E-state index in [0.29, 0.717) is 11.1 Å². The molecule has 1 aromatic rings. The van der Waals surface area contributed by atoms with Crippen LogP contribution in [0.15, 0.2) is 6.07 Å². The minimum atomic E-state index is 0.531. The van der Waals surface area contributed by atoms with Crippen LogP contribution in [-0.4, -0.2) is 35.2 Å². The molecule has 1 fully saturated rings. The number of piperidine rings is 1.